The van der Waals surface area contributed by atoms with E-state index in [2.05, 4.69) is 9.88 Å². The third-order valence-electron chi connectivity index (χ3n) is 5.07. The van der Waals surface area contributed by atoms with Crippen molar-refractivity contribution < 1.29 is 18.7 Å². The van der Waals surface area contributed by atoms with E-state index in [1.165, 1.54) is 18.2 Å². The van der Waals surface area contributed by atoms with Gasteiger partial charge in [-0.15, -0.1) is 0 Å². The lowest BCUT2D eigenvalue weighted by atomic mass is 10.0. The van der Waals surface area contributed by atoms with Crippen LogP contribution in [0, 0.1) is 5.82 Å². The highest BCUT2D eigenvalue weighted by molar-refractivity contribution is 6.32. The molecule has 5 rings (SSSR count). The standard InChI is InChI=1S/C23H16ClFN2O3/c24-18-5-3-6-19(25)16(18)10-21-22(28)15-7-8-20-17(23(15)30-21)12-27(13-29-20)11-14-4-1-2-9-26-14/h1-10H,11-13H2/b21-10-. The monoisotopic (exact) mass is 422 g/mol. The maximum absolute atomic E-state index is 14.2. The van der Waals surface area contributed by atoms with Gasteiger partial charge in [0, 0.05) is 24.8 Å². The van der Waals surface area contributed by atoms with E-state index < -0.39 is 5.82 Å². The molecule has 150 valence electrons. The van der Waals surface area contributed by atoms with E-state index in [9.17, 15) is 9.18 Å². The molecule has 0 saturated heterocycles. The molecule has 0 saturated carbocycles. The first-order chi connectivity index (χ1) is 14.6. The number of Topliss-reactive ketones (excluding diaryl/α,β-unsaturated/α-hetero) is 1. The van der Waals surface area contributed by atoms with Gasteiger partial charge in [-0.05, 0) is 42.5 Å². The lowest BCUT2D eigenvalue weighted by molar-refractivity contribution is 0.0861. The van der Waals surface area contributed by atoms with Gasteiger partial charge in [0.2, 0.25) is 5.78 Å². The highest BCUT2D eigenvalue weighted by Crippen LogP contribution is 2.42. The van der Waals surface area contributed by atoms with Crippen LogP contribution in [0.5, 0.6) is 11.5 Å². The van der Waals surface area contributed by atoms with Gasteiger partial charge in [-0.25, -0.2) is 4.39 Å². The Morgan fingerprint density at radius 1 is 1.17 bits per heavy atom. The van der Waals surface area contributed by atoms with Gasteiger partial charge in [0.05, 0.1) is 21.8 Å². The molecule has 7 heteroatoms. The summed E-state index contributed by atoms with van der Waals surface area (Å²) in [6.45, 7) is 1.55. The second-order valence-electron chi connectivity index (χ2n) is 7.08. The molecule has 0 atom stereocenters. The van der Waals surface area contributed by atoms with Gasteiger partial charge in [0.1, 0.15) is 24.0 Å². The number of allylic oxidation sites excluding steroid dienone is 1. The predicted octanol–water partition coefficient (Wildman–Crippen LogP) is 4.84. The van der Waals surface area contributed by atoms with Crippen LogP contribution in [0.1, 0.15) is 27.2 Å². The number of carbonyl (C=O) groups is 1. The van der Waals surface area contributed by atoms with Crippen molar-refractivity contribution in [3.63, 3.8) is 0 Å². The van der Waals surface area contributed by atoms with Gasteiger partial charge in [0.15, 0.2) is 5.76 Å². The summed E-state index contributed by atoms with van der Waals surface area (Å²) in [7, 11) is 0. The third-order valence-corrected chi connectivity index (χ3v) is 5.40. The van der Waals surface area contributed by atoms with Crippen molar-refractivity contribution >= 4 is 23.5 Å². The van der Waals surface area contributed by atoms with Crippen molar-refractivity contribution in [1.82, 2.24) is 9.88 Å². The summed E-state index contributed by atoms with van der Waals surface area (Å²) in [4.78, 5) is 19.3. The number of aromatic nitrogens is 1. The Labute approximate surface area is 177 Å². The predicted molar refractivity (Wildman–Crippen MR) is 110 cm³/mol. The molecule has 0 aliphatic carbocycles. The zero-order valence-electron chi connectivity index (χ0n) is 15.8. The SMILES string of the molecule is O=C1/C(=C/c2c(F)cccc2Cl)Oc2c1ccc1c2CN(Cc2ccccn2)CO1. The van der Waals surface area contributed by atoms with Crippen LogP contribution >= 0.6 is 11.6 Å². The smallest absolute Gasteiger partial charge is 0.231 e. The number of rotatable bonds is 3. The lowest BCUT2D eigenvalue weighted by Gasteiger charge is -2.29. The number of pyridine rings is 1. The van der Waals surface area contributed by atoms with Crippen molar-refractivity contribution in [3.8, 4) is 11.5 Å². The quantitative estimate of drug-likeness (QED) is 0.565. The van der Waals surface area contributed by atoms with E-state index in [1.54, 1.807) is 24.4 Å². The summed E-state index contributed by atoms with van der Waals surface area (Å²) < 4.78 is 25.9. The fourth-order valence-corrected chi connectivity index (χ4v) is 3.82. The van der Waals surface area contributed by atoms with Crippen LogP contribution < -0.4 is 9.47 Å². The Hall–Kier alpha value is -3.22. The Kier molecular flexibility index (Phi) is 4.73. The molecule has 3 aromatic rings. The number of hydrogen-bond acceptors (Lipinski definition) is 5. The summed E-state index contributed by atoms with van der Waals surface area (Å²) in [5.74, 6) is 0.321. The fraction of sp³-hybridized carbons (Fsp3) is 0.130. The van der Waals surface area contributed by atoms with Crippen LogP contribution in [0.4, 0.5) is 4.39 Å². The fourth-order valence-electron chi connectivity index (χ4n) is 3.61. The average molecular weight is 423 g/mol. The number of halogens is 2. The van der Waals surface area contributed by atoms with Crippen LogP contribution in [0.15, 0.2) is 60.5 Å². The van der Waals surface area contributed by atoms with Gasteiger partial charge >= 0.3 is 0 Å². The Bertz CT molecular complexity index is 1160. The highest BCUT2D eigenvalue weighted by Gasteiger charge is 2.34. The first kappa shape index (κ1) is 18.8. The summed E-state index contributed by atoms with van der Waals surface area (Å²) in [6, 6.07) is 13.6. The third kappa shape index (κ3) is 3.34. The largest absolute Gasteiger partial charge is 0.478 e. The maximum Gasteiger partial charge on any atom is 0.231 e. The molecule has 0 amide bonds. The van der Waals surface area contributed by atoms with E-state index in [1.807, 2.05) is 18.2 Å². The minimum atomic E-state index is -0.519. The van der Waals surface area contributed by atoms with Gasteiger partial charge in [-0.3, -0.25) is 14.7 Å². The summed E-state index contributed by atoms with van der Waals surface area (Å²) in [5.41, 5.74) is 2.25. The van der Waals surface area contributed by atoms with Crippen molar-refractivity contribution in [2.45, 2.75) is 13.1 Å². The molecule has 5 nitrogen and oxygen atoms in total. The molecule has 0 fully saturated rings. The Balaban J connectivity index is 1.46. The first-order valence-corrected chi connectivity index (χ1v) is 9.77. The molecule has 30 heavy (non-hydrogen) atoms. The number of carbonyl (C=O) groups excluding carboxylic acids is 1. The Morgan fingerprint density at radius 3 is 2.87 bits per heavy atom. The number of fused-ring (bicyclic) bond motifs is 3. The van der Waals surface area contributed by atoms with Crippen molar-refractivity contribution in [1.29, 1.82) is 0 Å². The number of ether oxygens (including phenoxy) is 2. The summed E-state index contributed by atoms with van der Waals surface area (Å²) in [5, 5.41) is 0.210. The second kappa shape index (κ2) is 7.55. The minimum absolute atomic E-state index is 0.0345. The van der Waals surface area contributed by atoms with Crippen molar-refractivity contribution in [2.24, 2.45) is 0 Å². The van der Waals surface area contributed by atoms with E-state index in [0.717, 1.165) is 11.3 Å². The normalized spacial score (nSPS) is 16.7. The van der Waals surface area contributed by atoms with Gasteiger partial charge in [0.25, 0.3) is 0 Å². The lowest BCUT2D eigenvalue weighted by Crippen LogP contribution is -2.32. The topological polar surface area (TPSA) is 51.7 Å². The van der Waals surface area contributed by atoms with Crippen molar-refractivity contribution in [3.05, 3.63) is 93.7 Å². The van der Waals surface area contributed by atoms with Crippen molar-refractivity contribution in [2.75, 3.05) is 6.73 Å². The molecule has 2 aromatic carbocycles. The van der Waals surface area contributed by atoms with Crippen LogP contribution in [0.2, 0.25) is 5.02 Å². The molecule has 0 N–H and O–H groups in total. The Morgan fingerprint density at radius 2 is 2.07 bits per heavy atom. The summed E-state index contributed by atoms with van der Waals surface area (Å²) in [6.07, 6.45) is 3.10. The number of ketones is 1. The van der Waals surface area contributed by atoms with E-state index >= 15 is 0 Å². The zero-order chi connectivity index (χ0) is 20.7. The molecule has 0 radical (unpaired) electrons. The van der Waals surface area contributed by atoms with Gasteiger partial charge in [-0.2, -0.15) is 0 Å². The van der Waals surface area contributed by atoms with Gasteiger partial charge < -0.3 is 9.47 Å². The molecule has 0 unspecified atom stereocenters. The zero-order valence-corrected chi connectivity index (χ0v) is 16.5. The first-order valence-electron chi connectivity index (χ1n) is 9.39. The number of nitrogens with zero attached hydrogens (tertiary/aromatic N) is 2. The molecular formula is C23H16ClFN2O3. The molecule has 0 bridgehead atoms. The molecule has 3 heterocycles. The molecule has 1 aromatic heterocycles. The van der Waals surface area contributed by atoms with Crippen LogP contribution in [-0.4, -0.2) is 22.4 Å². The van der Waals surface area contributed by atoms with E-state index in [0.29, 0.717) is 36.9 Å². The minimum Gasteiger partial charge on any atom is -0.478 e. The second-order valence-corrected chi connectivity index (χ2v) is 7.48. The molecule has 2 aliphatic rings. The number of benzene rings is 2. The average Bonchev–Trinajstić information content (AvgIpc) is 3.07. The highest BCUT2D eigenvalue weighted by atomic mass is 35.5. The van der Waals surface area contributed by atoms with Gasteiger partial charge in [-0.1, -0.05) is 23.7 Å². The number of hydrogen-bond donors (Lipinski definition) is 0. The molecule has 0 spiro atoms. The van der Waals surface area contributed by atoms with E-state index in [-0.39, 0.29) is 22.1 Å². The summed E-state index contributed by atoms with van der Waals surface area (Å²) >= 11 is 6.09. The van der Waals surface area contributed by atoms with E-state index in [4.69, 9.17) is 21.1 Å². The molecular weight excluding hydrogens is 407 g/mol. The van der Waals surface area contributed by atoms with Crippen LogP contribution in [-0.2, 0) is 13.1 Å². The maximum atomic E-state index is 14.2. The van der Waals surface area contributed by atoms with Crippen LogP contribution in [0.3, 0.4) is 0 Å². The van der Waals surface area contributed by atoms with Crippen LogP contribution in [0.25, 0.3) is 6.08 Å². The molecule has 2 aliphatic heterocycles.